The summed E-state index contributed by atoms with van der Waals surface area (Å²) >= 11 is 0. The number of benzene rings is 1. The smallest absolute Gasteiger partial charge is 0.411 e. The predicted molar refractivity (Wildman–Crippen MR) is 106 cm³/mol. The topological polar surface area (TPSA) is 57.7 Å². The van der Waals surface area contributed by atoms with Crippen LogP contribution in [0, 0.1) is 0 Å². The molecule has 0 unspecified atom stereocenters. The fourth-order valence-electron chi connectivity index (χ4n) is 4.11. The number of fused-ring (bicyclic) bond motifs is 3. The number of nitrogens with zero attached hydrogens (tertiary/aromatic N) is 3. The second kappa shape index (κ2) is 7.96. The van der Waals surface area contributed by atoms with Gasteiger partial charge in [-0.2, -0.15) is 0 Å². The van der Waals surface area contributed by atoms with Crippen molar-refractivity contribution in [2.75, 3.05) is 36.5 Å². The molecule has 0 aliphatic carbocycles. The zero-order valence-corrected chi connectivity index (χ0v) is 15.7. The van der Waals surface area contributed by atoms with E-state index in [9.17, 15) is 4.79 Å². The molecule has 2 aliphatic heterocycles. The van der Waals surface area contributed by atoms with Crippen molar-refractivity contribution in [1.82, 2.24) is 9.88 Å². The molecule has 4 rings (SSSR count). The lowest BCUT2D eigenvalue weighted by molar-refractivity contribution is 0.168. The molecule has 1 aromatic heterocycles. The number of piperazine rings is 1. The Morgan fingerprint density at radius 3 is 2.93 bits per heavy atom. The molecule has 0 spiro atoms. The first-order valence-electron chi connectivity index (χ1n) is 9.69. The molecule has 6 nitrogen and oxygen atoms in total. The summed E-state index contributed by atoms with van der Waals surface area (Å²) in [5, 5.41) is 2.87. The van der Waals surface area contributed by atoms with Gasteiger partial charge in [-0.1, -0.05) is 30.3 Å². The third kappa shape index (κ3) is 3.90. The van der Waals surface area contributed by atoms with Gasteiger partial charge in [-0.25, -0.2) is 9.78 Å². The Hall–Kier alpha value is -2.60. The maximum atomic E-state index is 11.8. The quantitative estimate of drug-likeness (QED) is 0.900. The molecule has 0 radical (unpaired) electrons. The highest BCUT2D eigenvalue weighted by molar-refractivity contribution is 5.87. The molecule has 2 aliphatic rings. The largest absolute Gasteiger partial charge is 0.450 e. The van der Waals surface area contributed by atoms with Crippen LogP contribution in [0.5, 0.6) is 0 Å². The average molecular weight is 366 g/mol. The molecular formula is C21H26N4O2. The first-order valence-corrected chi connectivity index (χ1v) is 9.69. The van der Waals surface area contributed by atoms with Crippen LogP contribution in [0.3, 0.4) is 0 Å². The first-order chi connectivity index (χ1) is 13.2. The van der Waals surface area contributed by atoms with Crippen LogP contribution < -0.4 is 10.2 Å². The summed E-state index contributed by atoms with van der Waals surface area (Å²) in [6.07, 6.45) is 3.37. The minimum atomic E-state index is -0.402. The number of rotatable bonds is 4. The van der Waals surface area contributed by atoms with Gasteiger partial charge in [-0.15, -0.1) is 0 Å². The fraction of sp³-hybridized carbons (Fsp3) is 0.429. The van der Waals surface area contributed by atoms with Gasteiger partial charge in [0.1, 0.15) is 5.82 Å². The Labute approximate surface area is 160 Å². The molecule has 0 bridgehead atoms. The van der Waals surface area contributed by atoms with E-state index in [0.29, 0.717) is 12.6 Å². The van der Waals surface area contributed by atoms with Crippen molar-refractivity contribution in [3.8, 4) is 0 Å². The van der Waals surface area contributed by atoms with Gasteiger partial charge in [0.15, 0.2) is 0 Å². The second-order valence-corrected chi connectivity index (χ2v) is 7.11. The van der Waals surface area contributed by atoms with Crippen molar-refractivity contribution < 1.29 is 9.53 Å². The Balaban J connectivity index is 1.47. The summed E-state index contributed by atoms with van der Waals surface area (Å²) in [5.41, 5.74) is 3.31. The molecule has 6 heteroatoms. The normalized spacial score (nSPS) is 19.1. The fourth-order valence-corrected chi connectivity index (χ4v) is 4.11. The van der Waals surface area contributed by atoms with Gasteiger partial charge < -0.3 is 9.64 Å². The highest BCUT2D eigenvalue weighted by Gasteiger charge is 2.33. The number of anilines is 2. The maximum Gasteiger partial charge on any atom is 0.411 e. The third-order valence-corrected chi connectivity index (χ3v) is 5.36. The molecule has 0 saturated carbocycles. The van der Waals surface area contributed by atoms with Gasteiger partial charge in [0.25, 0.3) is 0 Å². The van der Waals surface area contributed by atoms with Crippen molar-refractivity contribution in [3.05, 3.63) is 53.7 Å². The van der Waals surface area contributed by atoms with Gasteiger partial charge in [0.2, 0.25) is 0 Å². The molecule has 1 atom stereocenters. The lowest BCUT2D eigenvalue weighted by Crippen LogP contribution is -2.55. The van der Waals surface area contributed by atoms with Crippen LogP contribution in [-0.2, 0) is 17.7 Å². The number of ether oxygens (including phenoxy) is 1. The zero-order chi connectivity index (χ0) is 18.6. The van der Waals surface area contributed by atoms with Crippen molar-refractivity contribution in [2.24, 2.45) is 0 Å². The molecule has 142 valence electrons. The van der Waals surface area contributed by atoms with E-state index in [2.05, 4.69) is 50.4 Å². The number of carbonyl (C=O) groups is 1. The number of nitrogens with one attached hydrogen (secondary N) is 1. The Kier molecular flexibility index (Phi) is 5.25. The molecule has 27 heavy (non-hydrogen) atoms. The molecule has 3 heterocycles. The van der Waals surface area contributed by atoms with E-state index in [1.54, 1.807) is 13.1 Å². The summed E-state index contributed by atoms with van der Waals surface area (Å²) in [6.45, 7) is 6.19. The maximum absolute atomic E-state index is 11.8. The first kappa shape index (κ1) is 17.8. The molecule has 1 fully saturated rings. The van der Waals surface area contributed by atoms with E-state index in [-0.39, 0.29) is 0 Å². The molecular weight excluding hydrogens is 340 g/mol. The third-order valence-electron chi connectivity index (χ3n) is 5.36. The number of carbonyl (C=O) groups excluding carboxylic acids is 1. The summed E-state index contributed by atoms with van der Waals surface area (Å²) in [4.78, 5) is 21.4. The average Bonchev–Trinajstić information content (AvgIpc) is 2.69. The molecule has 1 amide bonds. The van der Waals surface area contributed by atoms with Crippen LogP contribution in [0.4, 0.5) is 16.3 Å². The van der Waals surface area contributed by atoms with Crippen LogP contribution in [0.1, 0.15) is 24.5 Å². The summed E-state index contributed by atoms with van der Waals surface area (Å²) in [7, 11) is 0. The number of pyridine rings is 1. The number of hydrogen-bond donors (Lipinski definition) is 1. The van der Waals surface area contributed by atoms with Crippen LogP contribution in [0.2, 0.25) is 0 Å². The van der Waals surface area contributed by atoms with Gasteiger partial charge in [-0.3, -0.25) is 10.2 Å². The SMILES string of the molecule is CCOC(=O)Nc1ccnc2c1CC[C@@H]1CN(Cc3ccccc3)CCN21. The summed E-state index contributed by atoms with van der Waals surface area (Å²) in [5.74, 6) is 1.01. The number of hydrogen-bond acceptors (Lipinski definition) is 5. The number of aromatic nitrogens is 1. The molecule has 1 aromatic carbocycles. The predicted octanol–water partition coefficient (Wildman–Crippen LogP) is 3.29. The van der Waals surface area contributed by atoms with Gasteiger partial charge in [-0.05, 0) is 31.4 Å². The lowest BCUT2D eigenvalue weighted by Gasteiger charge is -2.45. The zero-order valence-electron chi connectivity index (χ0n) is 15.7. The second-order valence-electron chi connectivity index (χ2n) is 7.11. The summed E-state index contributed by atoms with van der Waals surface area (Å²) in [6, 6.07) is 13.0. The van der Waals surface area contributed by atoms with E-state index >= 15 is 0 Å². The van der Waals surface area contributed by atoms with Crippen molar-refractivity contribution in [2.45, 2.75) is 32.4 Å². The van der Waals surface area contributed by atoms with E-state index < -0.39 is 6.09 Å². The van der Waals surface area contributed by atoms with Crippen LogP contribution >= 0.6 is 0 Å². The van der Waals surface area contributed by atoms with Crippen molar-refractivity contribution in [1.29, 1.82) is 0 Å². The van der Waals surface area contributed by atoms with Crippen LogP contribution in [0.25, 0.3) is 0 Å². The van der Waals surface area contributed by atoms with E-state index in [0.717, 1.165) is 56.1 Å². The standard InChI is InChI=1S/C21H26N4O2/c1-2-27-21(26)23-19-10-11-22-20-18(19)9-8-17-15-24(12-13-25(17)20)14-16-6-4-3-5-7-16/h3-7,10-11,17H,2,8-9,12-15H2,1H3,(H,22,23,26)/t17-/m1/s1. The highest BCUT2D eigenvalue weighted by Crippen LogP contribution is 2.35. The molecule has 1 saturated heterocycles. The van der Waals surface area contributed by atoms with E-state index in [1.807, 2.05) is 6.07 Å². The molecule has 2 aromatic rings. The van der Waals surface area contributed by atoms with Gasteiger partial charge in [0.05, 0.1) is 12.3 Å². The minimum absolute atomic E-state index is 0.366. The number of amides is 1. The van der Waals surface area contributed by atoms with Crippen molar-refractivity contribution in [3.63, 3.8) is 0 Å². The monoisotopic (exact) mass is 366 g/mol. The lowest BCUT2D eigenvalue weighted by atomic mass is 9.95. The van der Waals surface area contributed by atoms with Crippen LogP contribution in [0.15, 0.2) is 42.6 Å². The van der Waals surface area contributed by atoms with Gasteiger partial charge >= 0.3 is 6.09 Å². The summed E-state index contributed by atoms with van der Waals surface area (Å²) < 4.78 is 5.02. The van der Waals surface area contributed by atoms with E-state index in [4.69, 9.17) is 4.74 Å². The Morgan fingerprint density at radius 1 is 1.26 bits per heavy atom. The minimum Gasteiger partial charge on any atom is -0.450 e. The highest BCUT2D eigenvalue weighted by atomic mass is 16.5. The van der Waals surface area contributed by atoms with E-state index in [1.165, 1.54) is 5.56 Å². The van der Waals surface area contributed by atoms with Gasteiger partial charge in [0, 0.05) is 44.0 Å². The Morgan fingerprint density at radius 2 is 2.11 bits per heavy atom. The van der Waals surface area contributed by atoms with Crippen molar-refractivity contribution >= 4 is 17.6 Å². The van der Waals surface area contributed by atoms with Crippen LogP contribution in [-0.4, -0.2) is 48.3 Å². The Bertz CT molecular complexity index is 796. The molecule has 1 N–H and O–H groups in total.